The Morgan fingerprint density at radius 3 is 2.71 bits per heavy atom. The summed E-state index contributed by atoms with van der Waals surface area (Å²) in [7, 11) is 0. The quantitative estimate of drug-likeness (QED) is 0.740. The van der Waals surface area contributed by atoms with Crippen LogP contribution in [0, 0.1) is 0 Å². The van der Waals surface area contributed by atoms with Crippen molar-refractivity contribution in [2.75, 3.05) is 13.1 Å². The standard InChI is InChI=1S/C14H17NO2/c16-14(15-8-4-1-5-9-15)13-10-11-6-2-3-7-12(11)17-13/h2-3,6-7,13H,1,4-5,8-10H2/t13-/m0/s1. The third-order valence-electron chi connectivity index (χ3n) is 3.59. The van der Waals surface area contributed by atoms with E-state index in [1.807, 2.05) is 29.2 Å². The van der Waals surface area contributed by atoms with Gasteiger partial charge in [0.25, 0.3) is 5.91 Å². The molecule has 1 saturated heterocycles. The van der Waals surface area contributed by atoms with Crippen molar-refractivity contribution in [3.8, 4) is 5.75 Å². The number of nitrogens with zero attached hydrogens (tertiary/aromatic N) is 1. The number of para-hydroxylation sites is 1. The van der Waals surface area contributed by atoms with Crippen molar-refractivity contribution in [1.82, 2.24) is 4.90 Å². The van der Waals surface area contributed by atoms with Gasteiger partial charge in [-0.25, -0.2) is 0 Å². The average Bonchev–Trinajstić information content (AvgIpc) is 2.82. The summed E-state index contributed by atoms with van der Waals surface area (Å²) in [5.41, 5.74) is 1.16. The van der Waals surface area contributed by atoms with E-state index in [1.165, 1.54) is 6.42 Å². The summed E-state index contributed by atoms with van der Waals surface area (Å²) in [5.74, 6) is 1.05. The van der Waals surface area contributed by atoms with Gasteiger partial charge >= 0.3 is 0 Å². The van der Waals surface area contributed by atoms with Crippen LogP contribution in [-0.2, 0) is 11.2 Å². The Kier molecular flexibility index (Phi) is 2.75. The summed E-state index contributed by atoms with van der Waals surface area (Å²) < 4.78 is 5.73. The van der Waals surface area contributed by atoms with Gasteiger partial charge in [0.2, 0.25) is 0 Å². The number of carbonyl (C=O) groups is 1. The Morgan fingerprint density at radius 2 is 1.94 bits per heavy atom. The number of amides is 1. The largest absolute Gasteiger partial charge is 0.480 e. The molecule has 0 spiro atoms. The van der Waals surface area contributed by atoms with Crippen LogP contribution in [0.15, 0.2) is 24.3 Å². The number of likely N-dealkylation sites (tertiary alicyclic amines) is 1. The lowest BCUT2D eigenvalue weighted by Gasteiger charge is -2.28. The topological polar surface area (TPSA) is 29.5 Å². The van der Waals surface area contributed by atoms with Gasteiger partial charge in [0.15, 0.2) is 6.10 Å². The number of benzene rings is 1. The highest BCUT2D eigenvalue weighted by molar-refractivity contribution is 5.82. The van der Waals surface area contributed by atoms with Gasteiger partial charge in [-0.3, -0.25) is 4.79 Å². The summed E-state index contributed by atoms with van der Waals surface area (Å²) in [6, 6.07) is 7.93. The van der Waals surface area contributed by atoms with Crippen LogP contribution in [0.3, 0.4) is 0 Å². The first-order valence-electron chi connectivity index (χ1n) is 6.38. The number of piperidine rings is 1. The third kappa shape index (κ3) is 2.02. The first-order valence-corrected chi connectivity index (χ1v) is 6.38. The zero-order valence-electron chi connectivity index (χ0n) is 9.89. The Labute approximate surface area is 101 Å². The number of ether oxygens (including phenoxy) is 1. The fourth-order valence-corrected chi connectivity index (χ4v) is 2.64. The highest BCUT2D eigenvalue weighted by atomic mass is 16.5. The first kappa shape index (κ1) is 10.6. The maximum atomic E-state index is 12.3. The van der Waals surface area contributed by atoms with Crippen LogP contribution >= 0.6 is 0 Å². The second-order valence-electron chi connectivity index (χ2n) is 4.80. The highest BCUT2D eigenvalue weighted by Crippen LogP contribution is 2.29. The third-order valence-corrected chi connectivity index (χ3v) is 3.59. The van der Waals surface area contributed by atoms with E-state index in [-0.39, 0.29) is 12.0 Å². The summed E-state index contributed by atoms with van der Waals surface area (Å²) >= 11 is 0. The molecule has 3 nitrogen and oxygen atoms in total. The molecule has 1 atom stereocenters. The minimum Gasteiger partial charge on any atom is -0.480 e. The normalized spacial score (nSPS) is 23.1. The molecule has 0 saturated carbocycles. The van der Waals surface area contributed by atoms with Crippen molar-refractivity contribution < 1.29 is 9.53 Å². The van der Waals surface area contributed by atoms with E-state index < -0.39 is 0 Å². The molecule has 17 heavy (non-hydrogen) atoms. The van der Waals surface area contributed by atoms with Gasteiger partial charge in [0, 0.05) is 19.5 Å². The van der Waals surface area contributed by atoms with Crippen molar-refractivity contribution in [3.05, 3.63) is 29.8 Å². The van der Waals surface area contributed by atoms with Gasteiger partial charge in [0.1, 0.15) is 5.75 Å². The molecule has 2 heterocycles. The Bertz CT molecular complexity index is 399. The minimum atomic E-state index is -0.287. The van der Waals surface area contributed by atoms with E-state index in [2.05, 4.69) is 0 Å². The molecular formula is C14H17NO2. The molecule has 3 heteroatoms. The van der Waals surface area contributed by atoms with Crippen LogP contribution in [0.25, 0.3) is 0 Å². The lowest BCUT2D eigenvalue weighted by atomic mass is 10.1. The van der Waals surface area contributed by atoms with Crippen LogP contribution in [0.2, 0.25) is 0 Å². The Hall–Kier alpha value is -1.51. The zero-order chi connectivity index (χ0) is 11.7. The number of hydrogen-bond acceptors (Lipinski definition) is 2. The lowest BCUT2D eigenvalue weighted by molar-refractivity contribution is -0.138. The van der Waals surface area contributed by atoms with Crippen LogP contribution < -0.4 is 4.74 Å². The van der Waals surface area contributed by atoms with Crippen LogP contribution in [0.1, 0.15) is 24.8 Å². The SMILES string of the molecule is O=C([C@@H]1Cc2ccccc2O1)N1CCCCC1. The molecule has 90 valence electrons. The molecule has 0 bridgehead atoms. The van der Waals surface area contributed by atoms with Crippen molar-refractivity contribution in [2.45, 2.75) is 31.8 Å². The number of rotatable bonds is 1. The Balaban J connectivity index is 1.69. The molecular weight excluding hydrogens is 214 g/mol. The number of fused-ring (bicyclic) bond motifs is 1. The van der Waals surface area contributed by atoms with Crippen LogP contribution in [0.4, 0.5) is 0 Å². The molecule has 0 aromatic heterocycles. The molecule has 1 aromatic rings. The summed E-state index contributed by atoms with van der Waals surface area (Å²) in [5, 5.41) is 0. The monoisotopic (exact) mass is 231 g/mol. The van der Waals surface area contributed by atoms with Gasteiger partial charge in [-0.05, 0) is 30.9 Å². The molecule has 3 rings (SSSR count). The van der Waals surface area contributed by atoms with Crippen LogP contribution in [0.5, 0.6) is 5.75 Å². The van der Waals surface area contributed by atoms with Crippen LogP contribution in [-0.4, -0.2) is 30.0 Å². The minimum absolute atomic E-state index is 0.168. The smallest absolute Gasteiger partial charge is 0.263 e. The van der Waals surface area contributed by atoms with E-state index in [4.69, 9.17) is 4.74 Å². The van der Waals surface area contributed by atoms with Crippen molar-refractivity contribution in [3.63, 3.8) is 0 Å². The summed E-state index contributed by atoms with van der Waals surface area (Å²) in [4.78, 5) is 14.2. The molecule has 0 unspecified atom stereocenters. The average molecular weight is 231 g/mol. The molecule has 0 N–H and O–H groups in total. The molecule has 0 aliphatic carbocycles. The maximum absolute atomic E-state index is 12.3. The van der Waals surface area contributed by atoms with Gasteiger partial charge in [-0.1, -0.05) is 18.2 Å². The fraction of sp³-hybridized carbons (Fsp3) is 0.500. The van der Waals surface area contributed by atoms with Gasteiger partial charge in [-0.2, -0.15) is 0 Å². The van der Waals surface area contributed by atoms with E-state index in [0.717, 1.165) is 43.7 Å². The van der Waals surface area contributed by atoms with Gasteiger partial charge in [0.05, 0.1) is 0 Å². The zero-order valence-corrected chi connectivity index (χ0v) is 9.89. The lowest BCUT2D eigenvalue weighted by Crippen LogP contribution is -2.43. The molecule has 1 aromatic carbocycles. The van der Waals surface area contributed by atoms with E-state index in [9.17, 15) is 4.79 Å². The fourth-order valence-electron chi connectivity index (χ4n) is 2.64. The Morgan fingerprint density at radius 1 is 1.18 bits per heavy atom. The first-order chi connectivity index (χ1) is 8.34. The number of carbonyl (C=O) groups excluding carboxylic acids is 1. The summed E-state index contributed by atoms with van der Waals surface area (Å²) in [6.45, 7) is 1.80. The van der Waals surface area contributed by atoms with E-state index in [0.29, 0.717) is 0 Å². The molecule has 2 aliphatic heterocycles. The van der Waals surface area contributed by atoms with E-state index >= 15 is 0 Å². The van der Waals surface area contributed by atoms with Crippen molar-refractivity contribution in [1.29, 1.82) is 0 Å². The molecule has 0 radical (unpaired) electrons. The van der Waals surface area contributed by atoms with Crippen molar-refractivity contribution >= 4 is 5.91 Å². The maximum Gasteiger partial charge on any atom is 0.263 e. The van der Waals surface area contributed by atoms with Gasteiger partial charge < -0.3 is 9.64 Å². The second kappa shape index (κ2) is 4.40. The van der Waals surface area contributed by atoms with Gasteiger partial charge in [-0.15, -0.1) is 0 Å². The summed E-state index contributed by atoms with van der Waals surface area (Å²) in [6.07, 6.45) is 3.95. The number of hydrogen-bond donors (Lipinski definition) is 0. The molecule has 2 aliphatic rings. The predicted octanol–water partition coefficient (Wildman–Crippen LogP) is 2.00. The molecule has 1 fully saturated rings. The van der Waals surface area contributed by atoms with E-state index in [1.54, 1.807) is 0 Å². The van der Waals surface area contributed by atoms with Crippen molar-refractivity contribution in [2.24, 2.45) is 0 Å². The predicted molar refractivity (Wildman–Crippen MR) is 65.0 cm³/mol. The highest BCUT2D eigenvalue weighted by Gasteiger charge is 2.32. The molecule has 1 amide bonds. The second-order valence-corrected chi connectivity index (χ2v) is 4.80.